The van der Waals surface area contributed by atoms with Gasteiger partial charge in [-0.3, -0.25) is 4.31 Å². The second-order valence-corrected chi connectivity index (χ2v) is 10.4. The van der Waals surface area contributed by atoms with Crippen molar-refractivity contribution in [2.75, 3.05) is 11.4 Å². The molecule has 0 spiro atoms. The lowest BCUT2D eigenvalue weighted by Gasteiger charge is -2.21. The van der Waals surface area contributed by atoms with Gasteiger partial charge in [-0.15, -0.1) is 11.8 Å². The summed E-state index contributed by atoms with van der Waals surface area (Å²) in [7, 11) is -2.30. The first-order valence-electron chi connectivity index (χ1n) is 10.1. The van der Waals surface area contributed by atoms with Gasteiger partial charge in [0.1, 0.15) is 6.29 Å². The smallest absolute Gasteiger partial charge is 0.281 e. The number of aldehydes is 1. The molecular formula is C24H23N3O3S2. The second kappa shape index (κ2) is 9.58. The van der Waals surface area contributed by atoms with Gasteiger partial charge in [-0.05, 0) is 29.8 Å². The molecule has 0 N–H and O–H groups in total. The fourth-order valence-corrected chi connectivity index (χ4v) is 5.60. The van der Waals surface area contributed by atoms with Gasteiger partial charge in [0.05, 0.1) is 16.5 Å². The Balaban J connectivity index is 1.63. The molecule has 0 radical (unpaired) electrons. The van der Waals surface area contributed by atoms with E-state index in [1.807, 2.05) is 59.3 Å². The Hall–Kier alpha value is -3.10. The normalized spacial score (nSPS) is 12.5. The molecule has 0 aliphatic rings. The van der Waals surface area contributed by atoms with Gasteiger partial charge < -0.3 is 9.36 Å². The van der Waals surface area contributed by atoms with Gasteiger partial charge in [0, 0.05) is 37.1 Å². The predicted molar refractivity (Wildman–Crippen MR) is 129 cm³/mol. The monoisotopic (exact) mass is 465 g/mol. The van der Waals surface area contributed by atoms with Crippen molar-refractivity contribution in [2.45, 2.75) is 22.6 Å². The van der Waals surface area contributed by atoms with Gasteiger partial charge in [0.25, 0.3) is 10.0 Å². The van der Waals surface area contributed by atoms with Crippen LogP contribution in [0, 0.1) is 0 Å². The third-order valence-electron chi connectivity index (χ3n) is 5.20. The van der Waals surface area contributed by atoms with Crippen molar-refractivity contribution < 1.29 is 13.2 Å². The summed E-state index contributed by atoms with van der Waals surface area (Å²) in [5.41, 5.74) is 2.46. The molecular weight excluding hydrogens is 442 g/mol. The van der Waals surface area contributed by atoms with E-state index in [1.54, 1.807) is 30.0 Å². The summed E-state index contributed by atoms with van der Waals surface area (Å²) >= 11 is 1.57. The molecule has 6 nitrogen and oxygen atoms in total. The minimum Gasteiger partial charge on any atom is -0.344 e. The van der Waals surface area contributed by atoms with Crippen LogP contribution in [-0.2, 0) is 27.1 Å². The van der Waals surface area contributed by atoms with Crippen LogP contribution in [0.4, 0.5) is 5.69 Å². The molecule has 0 bridgehead atoms. The molecule has 2 aromatic carbocycles. The molecule has 0 saturated heterocycles. The first kappa shape index (κ1) is 22.1. The van der Waals surface area contributed by atoms with Crippen molar-refractivity contribution >= 4 is 44.7 Å². The van der Waals surface area contributed by atoms with E-state index < -0.39 is 10.0 Å². The summed E-state index contributed by atoms with van der Waals surface area (Å²) in [4.78, 5) is 15.8. The molecule has 2 heterocycles. The lowest BCUT2D eigenvalue weighted by Crippen LogP contribution is -2.28. The molecule has 0 fully saturated rings. The fourth-order valence-electron chi connectivity index (χ4n) is 3.52. The Bertz CT molecular complexity index is 1310. The Labute approximate surface area is 191 Å². The first-order valence-corrected chi connectivity index (χ1v) is 12.6. The maximum absolute atomic E-state index is 13.1. The van der Waals surface area contributed by atoms with Crippen LogP contribution in [0.2, 0.25) is 0 Å². The number of para-hydroxylation sites is 1. The van der Waals surface area contributed by atoms with Crippen LogP contribution in [0.1, 0.15) is 5.56 Å². The van der Waals surface area contributed by atoms with Crippen LogP contribution in [0.15, 0.2) is 90.2 Å². The number of fused-ring (bicyclic) bond motifs is 1. The molecule has 0 aliphatic heterocycles. The van der Waals surface area contributed by atoms with Crippen molar-refractivity contribution in [1.82, 2.24) is 9.55 Å². The molecule has 8 heteroatoms. The zero-order chi connectivity index (χ0) is 22.6. The predicted octanol–water partition coefficient (Wildman–Crippen LogP) is 4.36. The Morgan fingerprint density at radius 2 is 1.81 bits per heavy atom. The second-order valence-electron chi connectivity index (χ2n) is 7.29. The summed E-state index contributed by atoms with van der Waals surface area (Å²) in [6.07, 6.45) is 4.31. The number of benzene rings is 2. The summed E-state index contributed by atoms with van der Waals surface area (Å²) in [5, 5.41) is 0.627. The molecule has 2 aromatic heterocycles. The number of carbonyl (C=O) groups is 1. The summed E-state index contributed by atoms with van der Waals surface area (Å²) in [5.74, 6) is 0.726. The van der Waals surface area contributed by atoms with Crippen LogP contribution >= 0.6 is 11.8 Å². The third kappa shape index (κ3) is 4.56. The van der Waals surface area contributed by atoms with Gasteiger partial charge in [-0.25, -0.2) is 4.98 Å². The highest BCUT2D eigenvalue weighted by Crippen LogP contribution is 2.31. The van der Waals surface area contributed by atoms with E-state index in [0.717, 1.165) is 28.5 Å². The fraction of sp³-hybridized carbons (Fsp3) is 0.167. The zero-order valence-electron chi connectivity index (χ0n) is 17.5. The average molecular weight is 466 g/mol. The highest BCUT2D eigenvalue weighted by Gasteiger charge is 2.25. The number of thioether (sulfide) groups is 1. The van der Waals surface area contributed by atoms with E-state index in [2.05, 4.69) is 4.98 Å². The van der Waals surface area contributed by atoms with E-state index >= 15 is 0 Å². The number of sulfonamides is 1. The van der Waals surface area contributed by atoms with E-state index in [1.165, 1.54) is 23.6 Å². The SMILES string of the molecule is CN(c1cccc2ccn(CC(C=O)SCc3ccccc3)c12)S(=O)(=O)c1ccccn1. The molecule has 4 rings (SSSR count). The minimum atomic E-state index is -3.82. The van der Waals surface area contributed by atoms with Crippen molar-refractivity contribution in [3.05, 3.63) is 90.8 Å². The highest BCUT2D eigenvalue weighted by atomic mass is 32.2. The van der Waals surface area contributed by atoms with Crippen LogP contribution in [0.5, 0.6) is 0 Å². The maximum atomic E-state index is 13.1. The van der Waals surface area contributed by atoms with Gasteiger partial charge in [0.15, 0.2) is 5.03 Å². The summed E-state index contributed by atoms with van der Waals surface area (Å²) < 4.78 is 29.5. The lowest BCUT2D eigenvalue weighted by atomic mass is 10.2. The first-order chi connectivity index (χ1) is 15.5. The average Bonchev–Trinajstić information content (AvgIpc) is 3.25. The molecule has 1 unspecified atom stereocenters. The minimum absolute atomic E-state index is 0.0122. The number of hydrogen-bond acceptors (Lipinski definition) is 5. The molecule has 164 valence electrons. The Kier molecular flexibility index (Phi) is 6.62. The van der Waals surface area contributed by atoms with E-state index in [0.29, 0.717) is 12.2 Å². The van der Waals surface area contributed by atoms with Gasteiger partial charge in [0.2, 0.25) is 0 Å². The van der Waals surface area contributed by atoms with Gasteiger partial charge in [-0.1, -0.05) is 48.5 Å². The number of hydrogen-bond donors (Lipinski definition) is 0. The number of rotatable bonds is 9. The van der Waals surface area contributed by atoms with E-state index in [9.17, 15) is 13.2 Å². The molecule has 0 saturated carbocycles. The lowest BCUT2D eigenvalue weighted by molar-refractivity contribution is -0.107. The molecule has 0 aliphatic carbocycles. The number of anilines is 1. The standard InChI is InChI=1S/C24H23N3O3S2/c1-26(32(29,30)23-12-5-6-14-25-23)22-11-7-10-20-13-15-27(24(20)22)16-21(17-28)31-18-19-8-3-2-4-9-19/h2-15,17,21H,16,18H2,1H3. The summed E-state index contributed by atoms with van der Waals surface area (Å²) in [6.45, 7) is 0.443. The quantitative estimate of drug-likeness (QED) is 0.344. The third-order valence-corrected chi connectivity index (χ3v) is 8.08. The number of nitrogens with zero attached hydrogens (tertiary/aromatic N) is 3. The molecule has 32 heavy (non-hydrogen) atoms. The number of aromatic nitrogens is 2. The number of carbonyl (C=O) groups excluding carboxylic acids is 1. The van der Waals surface area contributed by atoms with E-state index in [4.69, 9.17) is 0 Å². The highest BCUT2D eigenvalue weighted by molar-refractivity contribution is 7.99. The summed E-state index contributed by atoms with van der Waals surface area (Å²) in [6, 6.07) is 22.3. The molecule has 1 atom stereocenters. The van der Waals surface area contributed by atoms with Crippen molar-refractivity contribution in [3.8, 4) is 0 Å². The van der Waals surface area contributed by atoms with Gasteiger partial charge >= 0.3 is 0 Å². The number of pyridine rings is 1. The molecule has 4 aromatic rings. The van der Waals surface area contributed by atoms with Crippen LogP contribution in [0.3, 0.4) is 0 Å². The Morgan fingerprint density at radius 1 is 1.03 bits per heavy atom. The largest absolute Gasteiger partial charge is 0.344 e. The molecule has 0 amide bonds. The van der Waals surface area contributed by atoms with Crippen LogP contribution in [-0.4, -0.2) is 36.6 Å². The maximum Gasteiger partial charge on any atom is 0.281 e. The zero-order valence-corrected chi connectivity index (χ0v) is 19.2. The van der Waals surface area contributed by atoms with Crippen LogP contribution < -0.4 is 4.31 Å². The van der Waals surface area contributed by atoms with E-state index in [-0.39, 0.29) is 10.3 Å². The van der Waals surface area contributed by atoms with Crippen molar-refractivity contribution in [3.63, 3.8) is 0 Å². The van der Waals surface area contributed by atoms with Crippen LogP contribution in [0.25, 0.3) is 10.9 Å². The van der Waals surface area contributed by atoms with Crippen molar-refractivity contribution in [2.24, 2.45) is 0 Å². The Morgan fingerprint density at radius 3 is 2.53 bits per heavy atom. The van der Waals surface area contributed by atoms with Crippen molar-refractivity contribution in [1.29, 1.82) is 0 Å². The van der Waals surface area contributed by atoms with Gasteiger partial charge in [-0.2, -0.15) is 8.42 Å². The topological polar surface area (TPSA) is 72.3 Å².